The Kier molecular flexibility index (Phi) is 4.35. The van der Waals surface area contributed by atoms with Crippen molar-refractivity contribution < 1.29 is 4.74 Å². The predicted molar refractivity (Wildman–Crippen MR) is 61.6 cm³/mol. The minimum Gasteiger partial charge on any atom is -0.383 e. The molecule has 1 rings (SSSR count). The monoisotopic (exact) mass is 258 g/mol. The van der Waals surface area contributed by atoms with Gasteiger partial charge in [0.25, 0.3) is 0 Å². The number of aryl methyl sites for hydroxylation is 1. The molecule has 0 aliphatic rings. The summed E-state index contributed by atoms with van der Waals surface area (Å²) in [5.41, 5.74) is 1.17. The smallest absolute Gasteiger partial charge is 0.140 e. The van der Waals surface area contributed by atoms with Crippen LogP contribution in [-0.4, -0.2) is 24.7 Å². The lowest BCUT2D eigenvalue weighted by atomic mass is 10.3. The normalized spacial score (nSPS) is 12.6. The van der Waals surface area contributed by atoms with E-state index in [1.165, 1.54) is 5.56 Å². The first-order chi connectivity index (χ1) is 6.65. The number of pyridine rings is 1. The van der Waals surface area contributed by atoms with E-state index in [9.17, 15) is 0 Å². The number of hydrogen-bond donors (Lipinski definition) is 1. The minimum atomic E-state index is 0.255. The van der Waals surface area contributed by atoms with Crippen LogP contribution < -0.4 is 5.32 Å². The van der Waals surface area contributed by atoms with Gasteiger partial charge in [-0.25, -0.2) is 4.98 Å². The van der Waals surface area contributed by atoms with Gasteiger partial charge in [0.2, 0.25) is 0 Å². The number of halogens is 1. The van der Waals surface area contributed by atoms with Gasteiger partial charge in [0.15, 0.2) is 0 Å². The zero-order valence-corrected chi connectivity index (χ0v) is 10.3. The molecule has 1 unspecified atom stereocenters. The van der Waals surface area contributed by atoms with Crippen LogP contribution in [0.15, 0.2) is 16.7 Å². The highest BCUT2D eigenvalue weighted by atomic mass is 79.9. The summed E-state index contributed by atoms with van der Waals surface area (Å²) in [7, 11) is 1.69. The van der Waals surface area contributed by atoms with Crippen molar-refractivity contribution in [2.75, 3.05) is 19.0 Å². The number of rotatable bonds is 4. The topological polar surface area (TPSA) is 34.1 Å². The van der Waals surface area contributed by atoms with E-state index >= 15 is 0 Å². The number of methoxy groups -OCH3 is 1. The molecular weight excluding hydrogens is 244 g/mol. The Balaban J connectivity index is 2.71. The van der Waals surface area contributed by atoms with E-state index in [0.29, 0.717) is 6.61 Å². The van der Waals surface area contributed by atoms with Gasteiger partial charge >= 0.3 is 0 Å². The molecule has 78 valence electrons. The molecule has 1 aromatic heterocycles. The second kappa shape index (κ2) is 5.32. The zero-order chi connectivity index (χ0) is 10.6. The molecule has 3 nitrogen and oxygen atoms in total. The first kappa shape index (κ1) is 11.5. The van der Waals surface area contributed by atoms with Gasteiger partial charge in [0.1, 0.15) is 5.82 Å². The van der Waals surface area contributed by atoms with Crippen LogP contribution in [-0.2, 0) is 4.74 Å². The Labute approximate surface area is 93.0 Å². The van der Waals surface area contributed by atoms with E-state index in [2.05, 4.69) is 33.2 Å². The summed E-state index contributed by atoms with van der Waals surface area (Å²) in [4.78, 5) is 4.25. The average molecular weight is 259 g/mol. The molecule has 0 fully saturated rings. The van der Waals surface area contributed by atoms with Crippen LogP contribution in [0.2, 0.25) is 0 Å². The van der Waals surface area contributed by atoms with Gasteiger partial charge in [-0.3, -0.25) is 0 Å². The molecule has 1 atom stereocenters. The summed E-state index contributed by atoms with van der Waals surface area (Å²) in [6.07, 6.45) is 1.79. The maximum absolute atomic E-state index is 5.04. The quantitative estimate of drug-likeness (QED) is 0.902. The van der Waals surface area contributed by atoms with Crippen LogP contribution in [0.4, 0.5) is 5.82 Å². The van der Waals surface area contributed by atoms with Crippen molar-refractivity contribution in [1.82, 2.24) is 4.98 Å². The summed E-state index contributed by atoms with van der Waals surface area (Å²) in [6.45, 7) is 4.76. The molecule has 0 spiro atoms. The van der Waals surface area contributed by atoms with E-state index < -0.39 is 0 Å². The maximum Gasteiger partial charge on any atom is 0.140 e. The highest BCUT2D eigenvalue weighted by Gasteiger charge is 2.06. The molecule has 1 aromatic rings. The van der Waals surface area contributed by atoms with Crippen molar-refractivity contribution >= 4 is 21.7 Å². The van der Waals surface area contributed by atoms with Crippen LogP contribution in [0.25, 0.3) is 0 Å². The Morgan fingerprint density at radius 3 is 3.00 bits per heavy atom. The molecule has 14 heavy (non-hydrogen) atoms. The average Bonchev–Trinajstić information content (AvgIpc) is 2.13. The van der Waals surface area contributed by atoms with Crippen molar-refractivity contribution in [3.8, 4) is 0 Å². The molecule has 1 N–H and O–H groups in total. The van der Waals surface area contributed by atoms with E-state index in [1.54, 1.807) is 13.3 Å². The van der Waals surface area contributed by atoms with Crippen LogP contribution in [0.5, 0.6) is 0 Å². The van der Waals surface area contributed by atoms with Crippen LogP contribution >= 0.6 is 15.9 Å². The molecule has 0 aromatic carbocycles. The Morgan fingerprint density at radius 1 is 1.64 bits per heavy atom. The van der Waals surface area contributed by atoms with Gasteiger partial charge in [0.05, 0.1) is 11.1 Å². The fraction of sp³-hybridized carbons (Fsp3) is 0.500. The first-order valence-electron chi connectivity index (χ1n) is 4.51. The first-order valence-corrected chi connectivity index (χ1v) is 5.31. The fourth-order valence-electron chi connectivity index (χ4n) is 1.17. The van der Waals surface area contributed by atoms with Gasteiger partial charge < -0.3 is 10.1 Å². The maximum atomic E-state index is 5.04. The third-order valence-electron chi connectivity index (χ3n) is 1.88. The van der Waals surface area contributed by atoms with Gasteiger partial charge in [-0.1, -0.05) is 0 Å². The molecule has 0 radical (unpaired) electrons. The molecule has 0 bridgehead atoms. The number of anilines is 1. The zero-order valence-electron chi connectivity index (χ0n) is 8.67. The van der Waals surface area contributed by atoms with E-state index in [-0.39, 0.29) is 6.04 Å². The van der Waals surface area contributed by atoms with Crippen molar-refractivity contribution in [3.05, 3.63) is 22.3 Å². The lowest BCUT2D eigenvalue weighted by Crippen LogP contribution is -2.21. The van der Waals surface area contributed by atoms with Gasteiger partial charge in [-0.05, 0) is 41.4 Å². The largest absolute Gasteiger partial charge is 0.383 e. The molecule has 0 amide bonds. The molecule has 4 heteroatoms. The second-order valence-electron chi connectivity index (χ2n) is 3.29. The number of nitrogens with zero attached hydrogens (tertiary/aromatic N) is 1. The second-order valence-corrected chi connectivity index (χ2v) is 4.08. The summed E-state index contributed by atoms with van der Waals surface area (Å²) < 4.78 is 6.06. The van der Waals surface area contributed by atoms with Gasteiger partial charge in [-0.15, -0.1) is 0 Å². The standard InChI is InChI=1S/C10H15BrN2O/c1-7-4-5-12-10(9(7)11)13-8(2)6-14-3/h4-5,8H,6H2,1-3H3,(H,12,13). The number of hydrogen-bond acceptors (Lipinski definition) is 3. The van der Waals surface area contributed by atoms with Crippen molar-refractivity contribution in [3.63, 3.8) is 0 Å². The van der Waals surface area contributed by atoms with Crippen molar-refractivity contribution in [1.29, 1.82) is 0 Å². The summed E-state index contributed by atoms with van der Waals surface area (Å²) in [5.74, 6) is 0.870. The van der Waals surface area contributed by atoms with Crippen LogP contribution in [0.1, 0.15) is 12.5 Å². The van der Waals surface area contributed by atoms with Crippen molar-refractivity contribution in [2.24, 2.45) is 0 Å². The molecule has 0 saturated heterocycles. The number of aromatic nitrogens is 1. The van der Waals surface area contributed by atoms with E-state index in [4.69, 9.17) is 4.74 Å². The van der Waals surface area contributed by atoms with Gasteiger partial charge in [-0.2, -0.15) is 0 Å². The third kappa shape index (κ3) is 2.96. The molecular formula is C10H15BrN2O. The lowest BCUT2D eigenvalue weighted by molar-refractivity contribution is 0.190. The van der Waals surface area contributed by atoms with E-state index in [0.717, 1.165) is 10.3 Å². The number of ether oxygens (including phenoxy) is 1. The minimum absolute atomic E-state index is 0.255. The lowest BCUT2D eigenvalue weighted by Gasteiger charge is -2.15. The molecule has 0 saturated carbocycles. The third-order valence-corrected chi connectivity index (χ3v) is 2.88. The Morgan fingerprint density at radius 2 is 2.36 bits per heavy atom. The highest BCUT2D eigenvalue weighted by Crippen LogP contribution is 2.23. The summed E-state index contributed by atoms with van der Waals surface area (Å²) in [5, 5.41) is 3.27. The molecule has 1 heterocycles. The SMILES string of the molecule is COCC(C)Nc1nccc(C)c1Br. The fourth-order valence-corrected chi connectivity index (χ4v) is 1.51. The Bertz CT molecular complexity index is 304. The summed E-state index contributed by atoms with van der Waals surface area (Å²) in [6, 6.07) is 2.22. The molecule has 0 aliphatic heterocycles. The summed E-state index contributed by atoms with van der Waals surface area (Å²) >= 11 is 3.49. The Hall–Kier alpha value is -0.610. The van der Waals surface area contributed by atoms with Gasteiger partial charge in [0, 0.05) is 19.3 Å². The van der Waals surface area contributed by atoms with Crippen LogP contribution in [0, 0.1) is 6.92 Å². The van der Waals surface area contributed by atoms with Crippen molar-refractivity contribution in [2.45, 2.75) is 19.9 Å². The van der Waals surface area contributed by atoms with Crippen LogP contribution in [0.3, 0.4) is 0 Å². The predicted octanol–water partition coefficient (Wildman–Crippen LogP) is 2.60. The van der Waals surface area contributed by atoms with E-state index in [1.807, 2.05) is 13.0 Å². The molecule has 0 aliphatic carbocycles. The number of nitrogens with one attached hydrogen (secondary N) is 1. The highest BCUT2D eigenvalue weighted by molar-refractivity contribution is 9.10.